The second kappa shape index (κ2) is 7.89. The summed E-state index contributed by atoms with van der Waals surface area (Å²) < 4.78 is 2.70. The third kappa shape index (κ3) is 3.37. The van der Waals surface area contributed by atoms with E-state index in [9.17, 15) is 14.7 Å². The monoisotopic (exact) mass is 523 g/mol. The van der Waals surface area contributed by atoms with Gasteiger partial charge in [-0.15, -0.1) is 10.2 Å². The maximum Gasteiger partial charge on any atom is 0.301 e. The number of amides is 1. The van der Waals surface area contributed by atoms with Crippen LogP contribution in [0, 0.1) is 20.8 Å². The molecule has 4 aromatic rings. The summed E-state index contributed by atoms with van der Waals surface area (Å²) in [6, 6.07) is 10.2. The number of imidazole rings is 1. The Balaban J connectivity index is 1.77. The Hall–Kier alpha value is -3.37. The van der Waals surface area contributed by atoms with Gasteiger partial charge in [0.05, 0.1) is 17.3 Å². The lowest BCUT2D eigenvalue weighted by atomic mass is 9.96. The maximum absolute atomic E-state index is 13.3. The topological polar surface area (TPSA) is 101 Å². The standard InChI is InChI=1S/C23H18BrN5O3S/c1-11-5-4-10-28-12(2)17(25-21(11)28)19(30)16-18(14-6-8-15(24)9-7-14)29(22(32)20(16)31)23-27-26-13(3)33-23/h4-10,18,30H,1-3H3. The first-order chi connectivity index (χ1) is 15.8. The number of Topliss-reactive ketones (excluding diaryl/α,β-unsaturated/α-hetero) is 1. The van der Waals surface area contributed by atoms with Gasteiger partial charge in [-0.2, -0.15) is 0 Å². The number of aryl methyl sites for hydroxylation is 3. The molecule has 0 spiro atoms. The van der Waals surface area contributed by atoms with E-state index in [4.69, 9.17) is 0 Å². The van der Waals surface area contributed by atoms with Crippen LogP contribution in [0.15, 0.2) is 52.6 Å². The molecule has 0 bridgehead atoms. The van der Waals surface area contributed by atoms with E-state index in [-0.39, 0.29) is 17.0 Å². The molecule has 33 heavy (non-hydrogen) atoms. The highest BCUT2D eigenvalue weighted by Gasteiger charge is 2.48. The fraction of sp³-hybridized carbons (Fsp3) is 0.174. The number of hydrogen-bond donors (Lipinski definition) is 1. The van der Waals surface area contributed by atoms with E-state index in [0.29, 0.717) is 27.0 Å². The van der Waals surface area contributed by atoms with E-state index < -0.39 is 17.7 Å². The highest BCUT2D eigenvalue weighted by atomic mass is 79.9. The SMILES string of the molecule is Cc1nnc(N2C(=O)C(=O)C(=C(O)c3nc4c(C)cccn4c3C)C2c2ccc(Br)cc2)s1. The van der Waals surface area contributed by atoms with Crippen LogP contribution in [-0.4, -0.2) is 36.4 Å². The minimum absolute atomic E-state index is 0.0284. The summed E-state index contributed by atoms with van der Waals surface area (Å²) in [6.07, 6.45) is 1.84. The Morgan fingerprint density at radius 3 is 2.45 bits per heavy atom. The van der Waals surface area contributed by atoms with Gasteiger partial charge >= 0.3 is 5.91 Å². The second-order valence-electron chi connectivity index (χ2n) is 7.75. The molecule has 1 unspecified atom stereocenters. The van der Waals surface area contributed by atoms with Crippen LogP contribution in [0.2, 0.25) is 0 Å². The molecule has 1 fully saturated rings. The number of aliphatic hydroxyl groups is 1. The van der Waals surface area contributed by atoms with Crippen molar-refractivity contribution in [3.8, 4) is 0 Å². The fourth-order valence-corrected chi connectivity index (χ4v) is 5.03. The lowest BCUT2D eigenvalue weighted by Crippen LogP contribution is -2.29. The number of ketones is 1. The number of carbonyl (C=O) groups is 2. The number of rotatable bonds is 3. The first-order valence-electron chi connectivity index (χ1n) is 10.1. The first-order valence-corrected chi connectivity index (χ1v) is 11.7. The number of aliphatic hydroxyl groups excluding tert-OH is 1. The first kappa shape index (κ1) is 21.5. The molecule has 3 aromatic heterocycles. The number of hydrogen-bond acceptors (Lipinski definition) is 7. The number of benzene rings is 1. The predicted octanol–water partition coefficient (Wildman–Crippen LogP) is 4.50. The molecular formula is C23H18BrN5O3S. The summed E-state index contributed by atoms with van der Waals surface area (Å²) in [4.78, 5) is 32.3. The zero-order valence-electron chi connectivity index (χ0n) is 17.9. The summed E-state index contributed by atoms with van der Waals surface area (Å²) in [5, 5.41) is 20.5. The Morgan fingerprint density at radius 1 is 1.09 bits per heavy atom. The molecule has 10 heteroatoms. The lowest BCUT2D eigenvalue weighted by Gasteiger charge is -2.22. The molecule has 5 rings (SSSR count). The van der Waals surface area contributed by atoms with Crippen LogP contribution < -0.4 is 4.90 Å². The van der Waals surface area contributed by atoms with Gasteiger partial charge in [0.15, 0.2) is 5.76 Å². The number of aromatic nitrogens is 4. The van der Waals surface area contributed by atoms with Gasteiger partial charge in [0.2, 0.25) is 5.13 Å². The fourth-order valence-electron chi connectivity index (χ4n) is 4.05. The van der Waals surface area contributed by atoms with Crippen molar-refractivity contribution in [2.75, 3.05) is 4.90 Å². The quantitative estimate of drug-likeness (QED) is 0.241. The van der Waals surface area contributed by atoms with Crippen molar-refractivity contribution in [2.24, 2.45) is 0 Å². The molecule has 0 saturated carbocycles. The summed E-state index contributed by atoms with van der Waals surface area (Å²) in [7, 11) is 0. The zero-order chi connectivity index (χ0) is 23.4. The van der Waals surface area contributed by atoms with Gasteiger partial charge in [-0.3, -0.25) is 14.5 Å². The van der Waals surface area contributed by atoms with Crippen LogP contribution in [0.3, 0.4) is 0 Å². The summed E-state index contributed by atoms with van der Waals surface area (Å²) in [5.74, 6) is -1.87. The van der Waals surface area contributed by atoms with Crippen molar-refractivity contribution in [1.29, 1.82) is 0 Å². The van der Waals surface area contributed by atoms with Crippen molar-refractivity contribution in [2.45, 2.75) is 26.8 Å². The molecule has 1 atom stereocenters. The van der Waals surface area contributed by atoms with E-state index in [1.54, 1.807) is 19.1 Å². The Kier molecular flexibility index (Phi) is 5.13. The molecule has 1 aliphatic rings. The molecule has 1 N–H and O–H groups in total. The average Bonchev–Trinajstić information content (AvgIpc) is 3.44. The van der Waals surface area contributed by atoms with Crippen LogP contribution in [0.5, 0.6) is 0 Å². The van der Waals surface area contributed by atoms with Gasteiger partial charge in [-0.05, 0) is 50.1 Å². The minimum atomic E-state index is -0.865. The number of halogens is 1. The molecule has 1 amide bonds. The third-order valence-electron chi connectivity index (χ3n) is 5.66. The Morgan fingerprint density at radius 2 is 1.82 bits per heavy atom. The molecule has 0 aliphatic carbocycles. The second-order valence-corrected chi connectivity index (χ2v) is 9.83. The number of fused-ring (bicyclic) bond motifs is 1. The molecule has 0 radical (unpaired) electrons. The normalized spacial score (nSPS) is 17.9. The lowest BCUT2D eigenvalue weighted by molar-refractivity contribution is -0.132. The zero-order valence-corrected chi connectivity index (χ0v) is 20.3. The van der Waals surface area contributed by atoms with E-state index >= 15 is 0 Å². The summed E-state index contributed by atoms with van der Waals surface area (Å²) >= 11 is 4.62. The van der Waals surface area contributed by atoms with Crippen molar-refractivity contribution in [3.05, 3.63) is 80.2 Å². The van der Waals surface area contributed by atoms with Crippen LogP contribution in [0.1, 0.15) is 33.6 Å². The Labute approximate surface area is 201 Å². The molecule has 166 valence electrons. The highest BCUT2D eigenvalue weighted by Crippen LogP contribution is 2.43. The van der Waals surface area contributed by atoms with Crippen molar-refractivity contribution < 1.29 is 14.7 Å². The molecule has 1 saturated heterocycles. The van der Waals surface area contributed by atoms with E-state index in [1.165, 1.54) is 16.2 Å². The van der Waals surface area contributed by atoms with Crippen molar-refractivity contribution in [3.63, 3.8) is 0 Å². The van der Waals surface area contributed by atoms with Crippen LogP contribution >= 0.6 is 27.3 Å². The van der Waals surface area contributed by atoms with Crippen molar-refractivity contribution in [1.82, 2.24) is 19.6 Å². The van der Waals surface area contributed by atoms with E-state index in [0.717, 1.165) is 10.0 Å². The van der Waals surface area contributed by atoms with E-state index in [1.807, 2.05) is 48.7 Å². The average molecular weight is 524 g/mol. The predicted molar refractivity (Wildman–Crippen MR) is 128 cm³/mol. The van der Waals surface area contributed by atoms with Gasteiger partial charge in [0, 0.05) is 10.7 Å². The van der Waals surface area contributed by atoms with Crippen molar-refractivity contribution >= 4 is 55.5 Å². The Bertz CT molecular complexity index is 1470. The maximum atomic E-state index is 13.3. The van der Waals surface area contributed by atoms with Gasteiger partial charge in [-0.1, -0.05) is 45.5 Å². The summed E-state index contributed by atoms with van der Waals surface area (Å²) in [5.41, 5.74) is 3.15. The van der Waals surface area contributed by atoms with Gasteiger partial charge in [0.25, 0.3) is 5.78 Å². The third-order valence-corrected chi connectivity index (χ3v) is 7.03. The summed E-state index contributed by atoms with van der Waals surface area (Å²) in [6.45, 7) is 5.51. The molecule has 1 aromatic carbocycles. The number of nitrogens with zero attached hydrogens (tertiary/aromatic N) is 5. The highest BCUT2D eigenvalue weighted by molar-refractivity contribution is 9.10. The van der Waals surface area contributed by atoms with Gasteiger partial charge in [0.1, 0.15) is 16.3 Å². The van der Waals surface area contributed by atoms with Gasteiger partial charge in [-0.25, -0.2) is 4.98 Å². The molecule has 1 aliphatic heterocycles. The van der Waals surface area contributed by atoms with Crippen LogP contribution in [0.4, 0.5) is 5.13 Å². The minimum Gasteiger partial charge on any atom is -0.505 e. The van der Waals surface area contributed by atoms with E-state index in [2.05, 4.69) is 31.1 Å². The van der Waals surface area contributed by atoms with Crippen LogP contribution in [0.25, 0.3) is 11.4 Å². The van der Waals surface area contributed by atoms with Gasteiger partial charge < -0.3 is 9.51 Å². The number of pyridine rings is 1. The molecule has 4 heterocycles. The largest absolute Gasteiger partial charge is 0.505 e. The molecule has 8 nitrogen and oxygen atoms in total. The number of anilines is 1. The molecular weight excluding hydrogens is 506 g/mol. The number of carbonyl (C=O) groups excluding carboxylic acids is 2. The smallest absolute Gasteiger partial charge is 0.301 e. The van der Waals surface area contributed by atoms with Crippen LogP contribution in [-0.2, 0) is 9.59 Å².